The summed E-state index contributed by atoms with van der Waals surface area (Å²) >= 11 is 0. The number of rotatable bonds is 4. The van der Waals surface area contributed by atoms with Crippen molar-refractivity contribution in [3.63, 3.8) is 0 Å². The lowest BCUT2D eigenvalue weighted by molar-refractivity contribution is -0.158. The normalized spacial score (nSPS) is 14.2. The fraction of sp³-hybridized carbons (Fsp3) is 0.733. The summed E-state index contributed by atoms with van der Waals surface area (Å²) in [5, 5.41) is 4.02. The van der Waals surface area contributed by atoms with E-state index in [0.717, 1.165) is 6.42 Å². The minimum Gasteiger partial charge on any atom is -0.442 e. The Labute approximate surface area is 116 Å². The summed E-state index contributed by atoms with van der Waals surface area (Å²) in [6, 6.07) is 1.81. The van der Waals surface area contributed by atoms with Gasteiger partial charge in [-0.05, 0) is 23.3 Å². The van der Waals surface area contributed by atoms with E-state index in [9.17, 15) is 4.79 Å². The first-order chi connectivity index (χ1) is 8.59. The molecule has 1 aromatic rings. The molecule has 1 aromatic heterocycles. The Kier molecular flexibility index (Phi) is 4.77. The predicted octanol–water partition coefficient (Wildman–Crippen LogP) is 3.48. The predicted molar refractivity (Wildman–Crippen MR) is 75.3 cm³/mol. The van der Waals surface area contributed by atoms with Crippen LogP contribution in [0.15, 0.2) is 18.5 Å². The molecule has 1 heterocycles. The van der Waals surface area contributed by atoms with E-state index in [1.165, 1.54) is 0 Å². The molecule has 4 nitrogen and oxygen atoms in total. The number of ether oxygens (including phenoxy) is 1. The molecule has 0 radical (unpaired) electrons. The molecular weight excluding hydrogens is 240 g/mol. The van der Waals surface area contributed by atoms with E-state index in [4.69, 9.17) is 4.74 Å². The van der Waals surface area contributed by atoms with Crippen LogP contribution < -0.4 is 0 Å². The molecule has 0 fully saturated rings. The zero-order valence-electron chi connectivity index (χ0n) is 12.9. The second-order valence-electron chi connectivity index (χ2n) is 7.32. The van der Waals surface area contributed by atoms with Crippen LogP contribution in [0.4, 0.5) is 0 Å². The third-order valence-electron chi connectivity index (χ3n) is 3.04. The monoisotopic (exact) mass is 266 g/mol. The molecule has 1 rings (SSSR count). The minimum absolute atomic E-state index is 0.0999. The Morgan fingerprint density at radius 1 is 1.26 bits per heavy atom. The molecule has 0 saturated heterocycles. The van der Waals surface area contributed by atoms with Crippen LogP contribution in [-0.4, -0.2) is 15.7 Å². The first-order valence-electron chi connectivity index (χ1n) is 6.74. The summed E-state index contributed by atoms with van der Waals surface area (Å²) in [4.78, 5) is 12.3. The smallest absolute Gasteiger partial charge is 0.311 e. The van der Waals surface area contributed by atoms with Gasteiger partial charge >= 0.3 is 5.97 Å². The molecule has 4 heteroatoms. The summed E-state index contributed by atoms with van der Waals surface area (Å²) in [7, 11) is 0. The fourth-order valence-corrected chi connectivity index (χ4v) is 1.96. The van der Waals surface area contributed by atoms with Gasteiger partial charge in [0.25, 0.3) is 0 Å². The maximum absolute atomic E-state index is 12.3. The summed E-state index contributed by atoms with van der Waals surface area (Å²) < 4.78 is 6.99. The third kappa shape index (κ3) is 5.45. The van der Waals surface area contributed by atoms with Crippen LogP contribution in [0.2, 0.25) is 0 Å². The van der Waals surface area contributed by atoms with Crippen molar-refractivity contribution in [2.45, 2.75) is 54.7 Å². The van der Waals surface area contributed by atoms with Gasteiger partial charge in [0, 0.05) is 12.4 Å². The second kappa shape index (κ2) is 5.76. The lowest BCUT2D eigenvalue weighted by Crippen LogP contribution is -2.34. The van der Waals surface area contributed by atoms with E-state index in [-0.39, 0.29) is 29.4 Å². The summed E-state index contributed by atoms with van der Waals surface area (Å²) in [5.74, 6) is -0.249. The van der Waals surface area contributed by atoms with Gasteiger partial charge in [-0.2, -0.15) is 5.10 Å². The van der Waals surface area contributed by atoms with E-state index >= 15 is 0 Å². The molecule has 1 atom stereocenters. The molecule has 0 bridgehead atoms. The van der Waals surface area contributed by atoms with Crippen LogP contribution in [0.25, 0.3) is 0 Å². The summed E-state index contributed by atoms with van der Waals surface area (Å²) in [5.41, 5.74) is -0.00283. The van der Waals surface area contributed by atoms with Gasteiger partial charge in [0.05, 0.1) is 5.92 Å². The molecule has 108 valence electrons. The van der Waals surface area contributed by atoms with E-state index < -0.39 is 0 Å². The van der Waals surface area contributed by atoms with Crippen LogP contribution >= 0.6 is 0 Å². The minimum atomic E-state index is -0.141. The number of esters is 1. The molecule has 0 aliphatic carbocycles. The van der Waals surface area contributed by atoms with Gasteiger partial charge in [0.2, 0.25) is 0 Å². The Morgan fingerprint density at radius 2 is 1.89 bits per heavy atom. The highest BCUT2D eigenvalue weighted by molar-refractivity contribution is 5.73. The molecule has 0 aliphatic heterocycles. The Bertz CT molecular complexity index is 397. The van der Waals surface area contributed by atoms with Gasteiger partial charge in [-0.15, -0.1) is 0 Å². The quantitative estimate of drug-likeness (QED) is 0.784. The van der Waals surface area contributed by atoms with Crippen LogP contribution in [0.5, 0.6) is 0 Å². The highest BCUT2D eigenvalue weighted by atomic mass is 16.5. The molecule has 19 heavy (non-hydrogen) atoms. The first-order valence-corrected chi connectivity index (χ1v) is 6.74. The lowest BCUT2D eigenvalue weighted by Gasteiger charge is -2.33. The average Bonchev–Trinajstić information content (AvgIpc) is 2.72. The number of nitrogens with zero attached hydrogens (tertiary/aromatic N) is 2. The van der Waals surface area contributed by atoms with Crippen LogP contribution in [-0.2, 0) is 16.3 Å². The average molecular weight is 266 g/mol. The summed E-state index contributed by atoms with van der Waals surface area (Å²) in [6.07, 6.45) is 4.27. The maximum Gasteiger partial charge on any atom is 0.311 e. The van der Waals surface area contributed by atoms with Gasteiger partial charge in [-0.3, -0.25) is 4.79 Å². The zero-order chi connectivity index (χ0) is 14.7. The second-order valence-corrected chi connectivity index (χ2v) is 7.32. The first kappa shape index (κ1) is 15.7. The lowest BCUT2D eigenvalue weighted by atomic mass is 9.72. The van der Waals surface area contributed by atoms with Gasteiger partial charge < -0.3 is 4.74 Å². The van der Waals surface area contributed by atoms with Crippen molar-refractivity contribution in [3.05, 3.63) is 18.5 Å². The topological polar surface area (TPSA) is 44.1 Å². The van der Waals surface area contributed by atoms with E-state index in [0.29, 0.717) is 0 Å². The molecule has 0 aromatic carbocycles. The number of carbonyl (C=O) groups excluding carboxylic acids is 1. The van der Waals surface area contributed by atoms with Crippen LogP contribution in [0, 0.1) is 16.7 Å². The molecule has 0 spiro atoms. The highest BCUT2D eigenvalue weighted by Crippen LogP contribution is 2.36. The fourth-order valence-electron chi connectivity index (χ4n) is 1.96. The van der Waals surface area contributed by atoms with Crippen molar-refractivity contribution < 1.29 is 9.53 Å². The van der Waals surface area contributed by atoms with Gasteiger partial charge in [-0.1, -0.05) is 41.5 Å². The summed E-state index contributed by atoms with van der Waals surface area (Å²) in [6.45, 7) is 12.9. The van der Waals surface area contributed by atoms with Crippen molar-refractivity contribution in [1.82, 2.24) is 9.78 Å². The van der Waals surface area contributed by atoms with Gasteiger partial charge in [0.1, 0.15) is 0 Å². The van der Waals surface area contributed by atoms with Gasteiger partial charge in [-0.25, -0.2) is 4.68 Å². The van der Waals surface area contributed by atoms with Crippen molar-refractivity contribution in [2.75, 3.05) is 0 Å². The standard InChI is InChI=1S/C15H26N2O2/c1-14(2,3)10-12(15(4,5)6)13(18)19-11-17-9-7-8-16-17/h7-9,12H,10-11H2,1-6H3. The van der Waals surface area contributed by atoms with Crippen LogP contribution in [0.3, 0.4) is 0 Å². The number of carbonyl (C=O) groups is 1. The van der Waals surface area contributed by atoms with E-state index in [1.54, 1.807) is 17.1 Å². The SMILES string of the molecule is CC(C)(C)CC(C(=O)OCn1cccn1)C(C)(C)C. The zero-order valence-corrected chi connectivity index (χ0v) is 12.9. The molecular formula is C15H26N2O2. The number of aromatic nitrogens is 2. The van der Waals surface area contributed by atoms with Crippen molar-refractivity contribution in [2.24, 2.45) is 16.7 Å². The number of hydrogen-bond acceptors (Lipinski definition) is 3. The Hall–Kier alpha value is -1.32. The third-order valence-corrected chi connectivity index (χ3v) is 3.04. The Morgan fingerprint density at radius 3 is 2.32 bits per heavy atom. The number of hydrogen-bond donors (Lipinski definition) is 0. The molecule has 0 N–H and O–H groups in total. The Balaban J connectivity index is 2.67. The largest absolute Gasteiger partial charge is 0.442 e. The molecule has 1 unspecified atom stereocenters. The highest BCUT2D eigenvalue weighted by Gasteiger charge is 2.35. The van der Waals surface area contributed by atoms with Crippen LogP contribution in [0.1, 0.15) is 48.0 Å². The van der Waals surface area contributed by atoms with Crippen molar-refractivity contribution in [1.29, 1.82) is 0 Å². The maximum atomic E-state index is 12.3. The van der Waals surface area contributed by atoms with Crippen molar-refractivity contribution >= 4 is 5.97 Å². The molecule has 0 saturated carbocycles. The van der Waals surface area contributed by atoms with E-state index in [2.05, 4.69) is 46.6 Å². The van der Waals surface area contributed by atoms with Gasteiger partial charge in [0.15, 0.2) is 6.73 Å². The molecule has 0 amide bonds. The molecule has 0 aliphatic rings. The van der Waals surface area contributed by atoms with E-state index in [1.807, 2.05) is 6.07 Å². The van der Waals surface area contributed by atoms with Crippen molar-refractivity contribution in [3.8, 4) is 0 Å².